The van der Waals surface area contributed by atoms with Crippen LogP contribution in [0.5, 0.6) is 0 Å². The van der Waals surface area contributed by atoms with Crippen molar-refractivity contribution in [1.82, 2.24) is 30.4 Å². The van der Waals surface area contributed by atoms with Gasteiger partial charge in [-0.2, -0.15) is 10.1 Å². The first kappa shape index (κ1) is 11.9. The first-order chi connectivity index (χ1) is 9.26. The second-order valence-corrected chi connectivity index (χ2v) is 4.64. The molecule has 0 radical (unpaired) electrons. The Bertz CT molecular complexity index is 707. The van der Waals surface area contributed by atoms with Crippen LogP contribution in [0.1, 0.15) is 12.8 Å². The zero-order valence-corrected chi connectivity index (χ0v) is 11.2. The SMILES string of the molecule is CCNc1nc(Sc2nnc(C)o2)c2cn[nH]c2n1. The molecule has 3 rings (SSSR count). The summed E-state index contributed by atoms with van der Waals surface area (Å²) < 4.78 is 5.34. The number of aryl methyl sites for hydroxylation is 1. The van der Waals surface area contributed by atoms with E-state index in [1.54, 1.807) is 13.1 Å². The Morgan fingerprint density at radius 3 is 3.00 bits per heavy atom. The van der Waals surface area contributed by atoms with Crippen LogP contribution in [-0.2, 0) is 0 Å². The first-order valence-electron chi connectivity index (χ1n) is 5.69. The van der Waals surface area contributed by atoms with Gasteiger partial charge in [0.25, 0.3) is 5.22 Å². The van der Waals surface area contributed by atoms with Gasteiger partial charge in [0.1, 0.15) is 5.03 Å². The Morgan fingerprint density at radius 1 is 1.37 bits per heavy atom. The minimum absolute atomic E-state index is 0.446. The van der Waals surface area contributed by atoms with Crippen molar-refractivity contribution in [3.8, 4) is 0 Å². The van der Waals surface area contributed by atoms with E-state index in [9.17, 15) is 0 Å². The molecule has 0 atom stereocenters. The summed E-state index contributed by atoms with van der Waals surface area (Å²) >= 11 is 1.29. The fraction of sp³-hybridized carbons (Fsp3) is 0.300. The Labute approximate surface area is 112 Å². The molecule has 0 aromatic carbocycles. The molecule has 3 heterocycles. The highest BCUT2D eigenvalue weighted by Crippen LogP contribution is 2.30. The second kappa shape index (κ2) is 4.84. The van der Waals surface area contributed by atoms with Crippen molar-refractivity contribution < 1.29 is 4.42 Å². The molecule has 0 aliphatic rings. The van der Waals surface area contributed by atoms with Gasteiger partial charge >= 0.3 is 0 Å². The van der Waals surface area contributed by atoms with E-state index in [1.165, 1.54) is 11.8 Å². The Morgan fingerprint density at radius 2 is 2.26 bits per heavy atom. The third-order valence-electron chi connectivity index (χ3n) is 2.30. The molecule has 0 bridgehead atoms. The van der Waals surface area contributed by atoms with E-state index < -0.39 is 0 Å². The van der Waals surface area contributed by atoms with Gasteiger partial charge in [0, 0.05) is 13.5 Å². The summed E-state index contributed by atoms with van der Waals surface area (Å²) in [5.41, 5.74) is 0.671. The molecule has 8 nitrogen and oxygen atoms in total. The van der Waals surface area contributed by atoms with E-state index in [4.69, 9.17) is 4.42 Å². The number of nitrogens with one attached hydrogen (secondary N) is 2. The normalized spacial score (nSPS) is 11.1. The van der Waals surface area contributed by atoms with E-state index in [2.05, 4.69) is 35.7 Å². The molecular weight excluding hydrogens is 266 g/mol. The predicted octanol–water partition coefficient (Wildman–Crippen LogP) is 1.63. The lowest BCUT2D eigenvalue weighted by molar-refractivity contribution is 0.429. The van der Waals surface area contributed by atoms with E-state index in [-0.39, 0.29) is 0 Å². The van der Waals surface area contributed by atoms with Crippen LogP contribution in [-0.4, -0.2) is 36.9 Å². The van der Waals surface area contributed by atoms with Gasteiger partial charge in [0.2, 0.25) is 11.8 Å². The van der Waals surface area contributed by atoms with Crippen LogP contribution in [0.25, 0.3) is 11.0 Å². The molecule has 0 spiro atoms. The quantitative estimate of drug-likeness (QED) is 0.693. The van der Waals surface area contributed by atoms with Gasteiger partial charge in [-0.3, -0.25) is 5.10 Å². The number of fused-ring (bicyclic) bond motifs is 1. The van der Waals surface area contributed by atoms with Crippen molar-refractivity contribution in [2.45, 2.75) is 24.1 Å². The van der Waals surface area contributed by atoms with E-state index in [1.807, 2.05) is 6.92 Å². The molecule has 0 aliphatic heterocycles. The first-order valence-corrected chi connectivity index (χ1v) is 6.51. The minimum Gasteiger partial charge on any atom is -0.416 e. The molecule has 0 unspecified atom stereocenters. The average molecular weight is 277 g/mol. The summed E-state index contributed by atoms with van der Waals surface area (Å²) in [6.45, 7) is 4.46. The Balaban J connectivity index is 2.02. The van der Waals surface area contributed by atoms with Crippen LogP contribution >= 0.6 is 11.8 Å². The van der Waals surface area contributed by atoms with Gasteiger partial charge < -0.3 is 9.73 Å². The van der Waals surface area contributed by atoms with Crippen molar-refractivity contribution in [3.05, 3.63) is 12.1 Å². The standard InChI is InChI=1S/C10H11N7OS/c1-3-11-9-13-7-6(4-12-16-7)8(14-9)19-10-17-15-5(2)18-10/h4H,3H2,1-2H3,(H2,11,12,13,14,16). The molecular formula is C10H11N7OS. The van der Waals surface area contributed by atoms with E-state index in [0.717, 1.165) is 17.0 Å². The van der Waals surface area contributed by atoms with Crippen molar-refractivity contribution in [1.29, 1.82) is 0 Å². The highest BCUT2D eigenvalue weighted by atomic mass is 32.2. The zero-order valence-electron chi connectivity index (χ0n) is 10.3. The number of anilines is 1. The summed E-state index contributed by atoms with van der Waals surface area (Å²) in [5, 5.41) is 19.6. The van der Waals surface area contributed by atoms with Crippen molar-refractivity contribution in [3.63, 3.8) is 0 Å². The third kappa shape index (κ3) is 2.36. The Kier molecular flexibility index (Phi) is 3.03. The molecule has 9 heteroatoms. The number of rotatable bonds is 4. The maximum atomic E-state index is 5.34. The summed E-state index contributed by atoms with van der Waals surface area (Å²) in [4.78, 5) is 8.73. The van der Waals surface area contributed by atoms with E-state index >= 15 is 0 Å². The lowest BCUT2D eigenvalue weighted by atomic mass is 10.4. The molecule has 0 amide bonds. The lowest BCUT2D eigenvalue weighted by Gasteiger charge is -2.03. The van der Waals surface area contributed by atoms with Crippen LogP contribution in [0.2, 0.25) is 0 Å². The maximum absolute atomic E-state index is 5.34. The fourth-order valence-corrected chi connectivity index (χ4v) is 2.33. The van der Waals surface area contributed by atoms with Crippen LogP contribution in [0.3, 0.4) is 0 Å². The van der Waals surface area contributed by atoms with Crippen LogP contribution < -0.4 is 5.32 Å². The molecule has 98 valence electrons. The van der Waals surface area contributed by atoms with Gasteiger partial charge in [-0.05, 0) is 18.7 Å². The molecule has 3 aromatic rings. The van der Waals surface area contributed by atoms with Gasteiger partial charge in [-0.1, -0.05) is 0 Å². The van der Waals surface area contributed by atoms with Crippen molar-refractivity contribution in [2.24, 2.45) is 0 Å². The van der Waals surface area contributed by atoms with Crippen LogP contribution in [0.15, 0.2) is 20.9 Å². The summed E-state index contributed by atoms with van der Waals surface area (Å²) in [6, 6.07) is 0. The monoisotopic (exact) mass is 277 g/mol. The molecule has 3 aromatic heterocycles. The lowest BCUT2D eigenvalue weighted by Crippen LogP contribution is -2.02. The number of aromatic nitrogens is 6. The zero-order chi connectivity index (χ0) is 13.2. The smallest absolute Gasteiger partial charge is 0.282 e. The molecule has 0 aliphatic carbocycles. The summed E-state index contributed by atoms with van der Waals surface area (Å²) in [6.07, 6.45) is 1.68. The molecule has 0 fully saturated rings. The maximum Gasteiger partial charge on any atom is 0.282 e. The van der Waals surface area contributed by atoms with Gasteiger partial charge in [-0.25, -0.2) is 4.98 Å². The van der Waals surface area contributed by atoms with Crippen LogP contribution in [0, 0.1) is 6.92 Å². The van der Waals surface area contributed by atoms with Gasteiger partial charge in [0.05, 0.1) is 11.6 Å². The third-order valence-corrected chi connectivity index (χ3v) is 3.15. The number of hydrogen-bond donors (Lipinski definition) is 2. The number of aromatic amines is 1. The molecule has 2 N–H and O–H groups in total. The van der Waals surface area contributed by atoms with Crippen molar-refractivity contribution in [2.75, 3.05) is 11.9 Å². The highest BCUT2D eigenvalue weighted by molar-refractivity contribution is 7.99. The number of H-pyrrole nitrogens is 1. The number of hydrogen-bond acceptors (Lipinski definition) is 8. The fourth-order valence-electron chi connectivity index (χ4n) is 1.53. The summed E-state index contributed by atoms with van der Waals surface area (Å²) in [7, 11) is 0. The summed E-state index contributed by atoms with van der Waals surface area (Å²) in [5.74, 6) is 1.06. The van der Waals surface area contributed by atoms with Crippen LogP contribution in [0.4, 0.5) is 5.95 Å². The molecule has 0 saturated carbocycles. The van der Waals surface area contributed by atoms with Gasteiger partial charge in [0.15, 0.2) is 5.65 Å². The van der Waals surface area contributed by atoms with Crippen molar-refractivity contribution >= 4 is 28.7 Å². The highest BCUT2D eigenvalue weighted by Gasteiger charge is 2.13. The molecule has 19 heavy (non-hydrogen) atoms. The predicted molar refractivity (Wildman–Crippen MR) is 69.0 cm³/mol. The number of nitrogens with zero attached hydrogens (tertiary/aromatic N) is 5. The average Bonchev–Trinajstić information content (AvgIpc) is 2.99. The second-order valence-electron chi connectivity index (χ2n) is 3.70. The topological polar surface area (TPSA) is 105 Å². The van der Waals surface area contributed by atoms with Gasteiger partial charge in [-0.15, -0.1) is 10.2 Å². The largest absolute Gasteiger partial charge is 0.416 e. The Hall–Kier alpha value is -2.16. The van der Waals surface area contributed by atoms with E-state index in [0.29, 0.717) is 22.7 Å². The molecule has 0 saturated heterocycles. The minimum atomic E-state index is 0.446.